The van der Waals surface area contributed by atoms with Crippen molar-refractivity contribution < 1.29 is 9.53 Å². The predicted octanol–water partition coefficient (Wildman–Crippen LogP) is 2.01. The number of carbonyl (C=O) groups excluding carboxylic acids is 1. The fraction of sp³-hybridized carbons (Fsp3) is 0.778. The van der Waals surface area contributed by atoms with Crippen molar-refractivity contribution in [3.05, 3.63) is 0 Å². The molecule has 0 aromatic carbocycles. The summed E-state index contributed by atoms with van der Waals surface area (Å²) in [4.78, 5) is 11.3. The van der Waals surface area contributed by atoms with Crippen LogP contribution in [-0.4, -0.2) is 18.3 Å². The Morgan fingerprint density at radius 1 is 1.42 bits per heavy atom. The van der Waals surface area contributed by atoms with Gasteiger partial charge in [0.1, 0.15) is 5.78 Å². The monoisotopic (exact) mass is 171 g/mol. The lowest BCUT2D eigenvalue weighted by molar-refractivity contribution is -0.125. The molecule has 0 aliphatic heterocycles. The molecule has 0 bridgehead atoms. The van der Waals surface area contributed by atoms with E-state index in [1.54, 1.807) is 6.92 Å². The summed E-state index contributed by atoms with van der Waals surface area (Å²) in [5.41, 5.74) is -0.372. The quantitative estimate of drug-likeness (QED) is 0.521. The van der Waals surface area contributed by atoms with E-state index in [1.165, 1.54) is 0 Å². The Labute approximate surface area is 73.6 Å². The van der Waals surface area contributed by atoms with E-state index in [4.69, 9.17) is 10.1 Å². The summed E-state index contributed by atoms with van der Waals surface area (Å²) in [5, 5.41) is 7.26. The van der Waals surface area contributed by atoms with Gasteiger partial charge in [-0.3, -0.25) is 10.2 Å². The zero-order valence-corrected chi connectivity index (χ0v) is 8.23. The molecule has 0 spiro atoms. The van der Waals surface area contributed by atoms with E-state index in [0.29, 0.717) is 6.61 Å². The van der Waals surface area contributed by atoms with Gasteiger partial charge in [-0.15, -0.1) is 0 Å². The van der Waals surface area contributed by atoms with Gasteiger partial charge in [-0.1, -0.05) is 20.8 Å². The normalized spacial score (nSPS) is 11.0. The molecular formula is C9H17NO2. The largest absolute Gasteiger partial charge is 0.481 e. The predicted molar refractivity (Wildman–Crippen MR) is 48.4 cm³/mol. The molecule has 0 saturated heterocycles. The molecule has 0 heterocycles. The molecule has 0 aliphatic rings. The maximum Gasteiger partial charge on any atom is 0.187 e. The van der Waals surface area contributed by atoms with Gasteiger partial charge in [0.05, 0.1) is 13.0 Å². The van der Waals surface area contributed by atoms with Crippen molar-refractivity contribution in [3.63, 3.8) is 0 Å². The second-order valence-electron chi connectivity index (χ2n) is 3.71. The van der Waals surface area contributed by atoms with Gasteiger partial charge in [0, 0.05) is 5.41 Å². The van der Waals surface area contributed by atoms with E-state index in [9.17, 15) is 4.79 Å². The first kappa shape index (κ1) is 11.1. The van der Waals surface area contributed by atoms with Gasteiger partial charge in [0.15, 0.2) is 5.90 Å². The van der Waals surface area contributed by atoms with Gasteiger partial charge >= 0.3 is 0 Å². The fourth-order valence-electron chi connectivity index (χ4n) is 0.636. The van der Waals surface area contributed by atoms with Crippen molar-refractivity contribution in [2.75, 3.05) is 6.61 Å². The molecule has 70 valence electrons. The Hall–Kier alpha value is -0.860. The number of ether oxygens (including phenoxy) is 1. The number of rotatable bonds is 3. The molecule has 0 amide bonds. The topological polar surface area (TPSA) is 50.1 Å². The smallest absolute Gasteiger partial charge is 0.187 e. The molecule has 0 radical (unpaired) electrons. The molecule has 0 saturated carbocycles. The molecule has 12 heavy (non-hydrogen) atoms. The lowest BCUT2D eigenvalue weighted by Crippen LogP contribution is -2.23. The molecular weight excluding hydrogens is 154 g/mol. The molecule has 3 nitrogen and oxygen atoms in total. The van der Waals surface area contributed by atoms with Crippen LogP contribution < -0.4 is 0 Å². The number of hydrogen-bond acceptors (Lipinski definition) is 3. The standard InChI is InChI=1S/C9H17NO2/c1-5-12-8(10)6-7(11)9(2,3)4/h10H,5-6H2,1-4H3. The third-order valence-electron chi connectivity index (χ3n) is 1.48. The molecule has 0 aromatic heterocycles. The maximum atomic E-state index is 11.3. The van der Waals surface area contributed by atoms with Gasteiger partial charge in [0.25, 0.3) is 0 Å². The summed E-state index contributed by atoms with van der Waals surface area (Å²) in [7, 11) is 0. The van der Waals surface area contributed by atoms with Crippen LogP contribution in [0.3, 0.4) is 0 Å². The lowest BCUT2D eigenvalue weighted by Gasteiger charge is -2.16. The highest BCUT2D eigenvalue weighted by molar-refractivity contribution is 5.99. The first-order chi connectivity index (χ1) is 5.38. The van der Waals surface area contributed by atoms with E-state index in [2.05, 4.69) is 0 Å². The van der Waals surface area contributed by atoms with Crippen LogP contribution >= 0.6 is 0 Å². The van der Waals surface area contributed by atoms with Crippen LogP contribution in [0, 0.1) is 10.8 Å². The Bertz CT molecular complexity index is 179. The summed E-state index contributed by atoms with van der Waals surface area (Å²) >= 11 is 0. The first-order valence-corrected chi connectivity index (χ1v) is 4.11. The molecule has 0 fully saturated rings. The van der Waals surface area contributed by atoms with Crippen LogP contribution in [0.25, 0.3) is 0 Å². The van der Waals surface area contributed by atoms with Crippen molar-refractivity contribution in [1.82, 2.24) is 0 Å². The van der Waals surface area contributed by atoms with Gasteiger partial charge in [-0.25, -0.2) is 0 Å². The number of ketones is 1. The summed E-state index contributed by atoms with van der Waals surface area (Å²) in [5.74, 6) is 0.110. The highest BCUT2D eigenvalue weighted by Gasteiger charge is 2.22. The summed E-state index contributed by atoms with van der Waals surface area (Å²) in [6.45, 7) is 7.78. The fourth-order valence-corrected chi connectivity index (χ4v) is 0.636. The number of hydrogen-bond donors (Lipinski definition) is 1. The van der Waals surface area contributed by atoms with E-state index in [-0.39, 0.29) is 23.5 Å². The van der Waals surface area contributed by atoms with Gasteiger partial charge in [-0.05, 0) is 6.92 Å². The van der Waals surface area contributed by atoms with Crippen molar-refractivity contribution >= 4 is 11.7 Å². The van der Waals surface area contributed by atoms with E-state index in [1.807, 2.05) is 20.8 Å². The summed E-state index contributed by atoms with van der Waals surface area (Å²) < 4.78 is 4.87. The summed E-state index contributed by atoms with van der Waals surface area (Å²) in [6, 6.07) is 0. The molecule has 0 unspecified atom stereocenters. The van der Waals surface area contributed by atoms with Gasteiger partial charge < -0.3 is 4.74 Å². The van der Waals surface area contributed by atoms with Crippen LogP contribution in [0.2, 0.25) is 0 Å². The van der Waals surface area contributed by atoms with Crippen LogP contribution in [0.5, 0.6) is 0 Å². The minimum Gasteiger partial charge on any atom is -0.481 e. The van der Waals surface area contributed by atoms with E-state index >= 15 is 0 Å². The third-order valence-corrected chi connectivity index (χ3v) is 1.48. The van der Waals surface area contributed by atoms with Crippen molar-refractivity contribution in [1.29, 1.82) is 5.41 Å². The first-order valence-electron chi connectivity index (χ1n) is 4.11. The van der Waals surface area contributed by atoms with Crippen LogP contribution in [-0.2, 0) is 9.53 Å². The number of carbonyl (C=O) groups is 1. The average Bonchev–Trinajstić information content (AvgIpc) is 1.85. The zero-order chi connectivity index (χ0) is 9.78. The molecule has 0 aromatic rings. The SMILES string of the molecule is CCOC(=N)CC(=O)C(C)(C)C. The number of nitrogens with one attached hydrogen (secondary N) is 1. The average molecular weight is 171 g/mol. The Morgan fingerprint density at radius 2 is 1.92 bits per heavy atom. The van der Waals surface area contributed by atoms with E-state index in [0.717, 1.165) is 0 Å². The van der Waals surface area contributed by atoms with Crippen LogP contribution in [0.4, 0.5) is 0 Å². The Kier molecular flexibility index (Phi) is 3.93. The van der Waals surface area contributed by atoms with E-state index < -0.39 is 0 Å². The minimum atomic E-state index is -0.372. The van der Waals surface area contributed by atoms with Crippen molar-refractivity contribution in [2.45, 2.75) is 34.1 Å². The third kappa shape index (κ3) is 4.11. The Morgan fingerprint density at radius 3 is 2.25 bits per heavy atom. The lowest BCUT2D eigenvalue weighted by atomic mass is 9.89. The molecule has 0 atom stereocenters. The highest BCUT2D eigenvalue weighted by Crippen LogP contribution is 2.16. The second kappa shape index (κ2) is 4.24. The second-order valence-corrected chi connectivity index (χ2v) is 3.71. The molecule has 1 N–H and O–H groups in total. The van der Waals surface area contributed by atoms with Crippen LogP contribution in [0.1, 0.15) is 34.1 Å². The number of Topliss-reactive ketones (excluding diaryl/α,β-unsaturated/α-hetero) is 1. The molecule has 3 heteroatoms. The minimum absolute atomic E-state index is 0.0425. The van der Waals surface area contributed by atoms with Gasteiger partial charge in [0.2, 0.25) is 0 Å². The van der Waals surface area contributed by atoms with Gasteiger partial charge in [-0.2, -0.15) is 0 Å². The maximum absolute atomic E-state index is 11.3. The highest BCUT2D eigenvalue weighted by atomic mass is 16.5. The van der Waals surface area contributed by atoms with Crippen LogP contribution in [0.15, 0.2) is 0 Å². The molecule has 0 rings (SSSR count). The molecule has 0 aliphatic carbocycles. The van der Waals surface area contributed by atoms with Crippen molar-refractivity contribution in [3.8, 4) is 0 Å². The van der Waals surface area contributed by atoms with Crippen molar-refractivity contribution in [2.24, 2.45) is 5.41 Å². The summed E-state index contributed by atoms with van der Waals surface area (Å²) in [6.07, 6.45) is 0.108. The Balaban J connectivity index is 3.94. The zero-order valence-electron chi connectivity index (χ0n) is 8.23.